The topological polar surface area (TPSA) is 40.5 Å². The molecule has 0 saturated carbocycles. The van der Waals surface area contributed by atoms with Crippen LogP contribution in [0.15, 0.2) is 22.7 Å². The van der Waals surface area contributed by atoms with E-state index in [2.05, 4.69) is 38.5 Å². The van der Waals surface area contributed by atoms with Crippen molar-refractivity contribution < 1.29 is 9.90 Å². The minimum atomic E-state index is -0.881. The lowest BCUT2D eigenvalue weighted by molar-refractivity contribution is 0.145. The van der Waals surface area contributed by atoms with Gasteiger partial charge in [-0.3, -0.25) is 0 Å². The van der Waals surface area contributed by atoms with E-state index in [-0.39, 0.29) is 0 Å². The standard InChI is InChI=1S/C10H11BrINO2/c1-2-13(10(14)15)6-7-5-8(11)3-4-9(7)12/h3-5H,2,6H2,1H3,(H,14,15). The van der Waals surface area contributed by atoms with Crippen molar-refractivity contribution in [2.75, 3.05) is 6.54 Å². The van der Waals surface area contributed by atoms with E-state index in [9.17, 15) is 4.79 Å². The fourth-order valence-electron chi connectivity index (χ4n) is 1.18. The normalized spacial score (nSPS) is 10.1. The molecule has 3 nitrogen and oxygen atoms in total. The second kappa shape index (κ2) is 5.69. The van der Waals surface area contributed by atoms with Crippen LogP contribution in [0.2, 0.25) is 0 Å². The van der Waals surface area contributed by atoms with Crippen molar-refractivity contribution in [3.05, 3.63) is 31.8 Å². The van der Waals surface area contributed by atoms with Crippen molar-refractivity contribution in [2.24, 2.45) is 0 Å². The molecule has 0 radical (unpaired) electrons. The zero-order valence-electron chi connectivity index (χ0n) is 8.20. The van der Waals surface area contributed by atoms with E-state index in [1.807, 2.05) is 25.1 Å². The van der Waals surface area contributed by atoms with Crippen LogP contribution in [0.25, 0.3) is 0 Å². The molecular formula is C10H11BrINO2. The summed E-state index contributed by atoms with van der Waals surface area (Å²) in [6.45, 7) is 2.76. The summed E-state index contributed by atoms with van der Waals surface area (Å²) in [6.07, 6.45) is -0.881. The maximum Gasteiger partial charge on any atom is 0.407 e. The van der Waals surface area contributed by atoms with Crippen molar-refractivity contribution in [1.82, 2.24) is 4.90 Å². The number of benzene rings is 1. The average Bonchev–Trinajstić information content (AvgIpc) is 2.18. The van der Waals surface area contributed by atoms with Crippen LogP contribution in [-0.2, 0) is 6.54 Å². The number of halogens is 2. The van der Waals surface area contributed by atoms with E-state index in [4.69, 9.17) is 5.11 Å². The molecule has 0 atom stereocenters. The molecule has 1 N–H and O–H groups in total. The summed E-state index contributed by atoms with van der Waals surface area (Å²) >= 11 is 5.59. The molecule has 0 aliphatic carbocycles. The van der Waals surface area contributed by atoms with E-state index < -0.39 is 6.09 Å². The molecule has 0 bridgehead atoms. The molecule has 5 heteroatoms. The summed E-state index contributed by atoms with van der Waals surface area (Å²) in [5.74, 6) is 0. The number of carboxylic acid groups (broad SMARTS) is 1. The molecule has 0 aliphatic heterocycles. The molecule has 0 saturated heterocycles. The molecule has 0 spiro atoms. The Labute approximate surface area is 111 Å². The highest BCUT2D eigenvalue weighted by molar-refractivity contribution is 14.1. The van der Waals surface area contributed by atoms with E-state index in [0.29, 0.717) is 13.1 Å². The molecule has 0 heterocycles. The van der Waals surface area contributed by atoms with Crippen LogP contribution in [0.4, 0.5) is 4.79 Å². The van der Waals surface area contributed by atoms with Gasteiger partial charge in [-0.15, -0.1) is 0 Å². The van der Waals surface area contributed by atoms with Gasteiger partial charge in [-0.1, -0.05) is 15.9 Å². The van der Waals surface area contributed by atoms with Gasteiger partial charge in [0, 0.05) is 14.6 Å². The van der Waals surface area contributed by atoms with Crippen molar-refractivity contribution in [3.63, 3.8) is 0 Å². The van der Waals surface area contributed by atoms with Crippen LogP contribution in [-0.4, -0.2) is 22.6 Å². The first kappa shape index (κ1) is 12.8. The third-order valence-corrected chi connectivity index (χ3v) is 3.57. The molecule has 0 fully saturated rings. The van der Waals surface area contributed by atoms with Crippen molar-refractivity contribution >= 4 is 44.6 Å². The Morgan fingerprint density at radius 1 is 1.60 bits per heavy atom. The summed E-state index contributed by atoms with van der Waals surface area (Å²) < 4.78 is 2.05. The fourth-order valence-corrected chi connectivity index (χ4v) is 2.10. The summed E-state index contributed by atoms with van der Waals surface area (Å²) in [7, 11) is 0. The van der Waals surface area contributed by atoms with Gasteiger partial charge in [-0.05, 0) is 53.3 Å². The molecular weight excluding hydrogens is 373 g/mol. The molecule has 1 aromatic carbocycles. The van der Waals surface area contributed by atoms with Crippen LogP contribution < -0.4 is 0 Å². The van der Waals surface area contributed by atoms with E-state index in [1.54, 1.807) is 0 Å². The zero-order valence-corrected chi connectivity index (χ0v) is 11.9. The Morgan fingerprint density at radius 2 is 2.27 bits per heavy atom. The quantitative estimate of drug-likeness (QED) is 0.811. The number of amides is 1. The van der Waals surface area contributed by atoms with Gasteiger partial charge in [-0.25, -0.2) is 4.79 Å². The maximum absolute atomic E-state index is 10.8. The molecule has 1 aromatic rings. The lowest BCUT2D eigenvalue weighted by Crippen LogP contribution is -2.28. The van der Waals surface area contributed by atoms with Gasteiger partial charge >= 0.3 is 6.09 Å². The number of carbonyl (C=O) groups is 1. The van der Waals surface area contributed by atoms with Crippen molar-refractivity contribution in [1.29, 1.82) is 0 Å². The van der Waals surface area contributed by atoms with Crippen molar-refractivity contribution in [3.8, 4) is 0 Å². The predicted octanol–water partition coefficient (Wildman–Crippen LogP) is 3.55. The Kier molecular flexibility index (Phi) is 4.85. The highest BCUT2D eigenvalue weighted by atomic mass is 127. The van der Waals surface area contributed by atoms with E-state index in [1.165, 1.54) is 4.90 Å². The Bertz CT molecular complexity index is 370. The Balaban J connectivity index is 2.87. The van der Waals surface area contributed by atoms with Crippen LogP contribution >= 0.6 is 38.5 Å². The van der Waals surface area contributed by atoms with E-state index >= 15 is 0 Å². The molecule has 1 amide bonds. The van der Waals surface area contributed by atoms with Crippen molar-refractivity contribution in [2.45, 2.75) is 13.5 Å². The van der Waals surface area contributed by atoms with Crippen LogP contribution in [0.5, 0.6) is 0 Å². The highest BCUT2D eigenvalue weighted by Gasteiger charge is 2.11. The molecule has 15 heavy (non-hydrogen) atoms. The first-order valence-corrected chi connectivity index (χ1v) is 6.33. The third-order valence-electron chi connectivity index (χ3n) is 2.02. The number of hydrogen-bond acceptors (Lipinski definition) is 1. The predicted molar refractivity (Wildman–Crippen MR) is 71.0 cm³/mol. The van der Waals surface area contributed by atoms with Crippen LogP contribution in [0.1, 0.15) is 12.5 Å². The van der Waals surface area contributed by atoms with Crippen LogP contribution in [0.3, 0.4) is 0 Å². The minimum Gasteiger partial charge on any atom is -0.465 e. The number of rotatable bonds is 3. The van der Waals surface area contributed by atoms with Gasteiger partial charge in [-0.2, -0.15) is 0 Å². The zero-order chi connectivity index (χ0) is 11.4. The molecule has 0 aromatic heterocycles. The third kappa shape index (κ3) is 3.64. The average molecular weight is 384 g/mol. The van der Waals surface area contributed by atoms with Gasteiger partial charge in [0.15, 0.2) is 0 Å². The summed E-state index contributed by atoms with van der Waals surface area (Å²) in [6, 6.07) is 5.87. The number of nitrogens with zero attached hydrogens (tertiary/aromatic N) is 1. The van der Waals surface area contributed by atoms with Gasteiger partial charge < -0.3 is 10.0 Å². The summed E-state index contributed by atoms with van der Waals surface area (Å²) in [4.78, 5) is 12.2. The summed E-state index contributed by atoms with van der Waals surface area (Å²) in [5.41, 5.74) is 1.02. The molecule has 0 aliphatic rings. The monoisotopic (exact) mass is 383 g/mol. The molecule has 0 unspecified atom stereocenters. The SMILES string of the molecule is CCN(Cc1cc(Br)ccc1I)C(=O)O. The van der Waals surface area contributed by atoms with E-state index in [0.717, 1.165) is 13.6 Å². The van der Waals surface area contributed by atoms with Crippen LogP contribution in [0, 0.1) is 3.57 Å². The van der Waals surface area contributed by atoms with Gasteiger partial charge in [0.05, 0.1) is 6.54 Å². The molecule has 82 valence electrons. The first-order chi connectivity index (χ1) is 7.04. The first-order valence-electron chi connectivity index (χ1n) is 4.46. The summed E-state index contributed by atoms with van der Waals surface area (Å²) in [5, 5.41) is 8.91. The lowest BCUT2D eigenvalue weighted by Gasteiger charge is -2.17. The van der Waals surface area contributed by atoms with Gasteiger partial charge in [0.25, 0.3) is 0 Å². The highest BCUT2D eigenvalue weighted by Crippen LogP contribution is 2.19. The molecule has 1 rings (SSSR count). The maximum atomic E-state index is 10.8. The second-order valence-corrected chi connectivity index (χ2v) is 5.11. The van der Waals surface area contributed by atoms with Gasteiger partial charge in [0.2, 0.25) is 0 Å². The Hall–Kier alpha value is -0.300. The minimum absolute atomic E-state index is 0.434. The lowest BCUT2D eigenvalue weighted by atomic mass is 10.2. The second-order valence-electron chi connectivity index (χ2n) is 3.03. The smallest absolute Gasteiger partial charge is 0.407 e. The largest absolute Gasteiger partial charge is 0.465 e. The fraction of sp³-hybridized carbons (Fsp3) is 0.300. The number of hydrogen-bond donors (Lipinski definition) is 1. The Morgan fingerprint density at radius 3 is 2.80 bits per heavy atom. The van der Waals surface area contributed by atoms with Gasteiger partial charge in [0.1, 0.15) is 0 Å².